The molecule has 0 bridgehead atoms. The van der Waals surface area contributed by atoms with E-state index in [-0.39, 0.29) is 11.8 Å². The Labute approximate surface area is 131 Å². The number of aromatic nitrogens is 2. The van der Waals surface area contributed by atoms with E-state index in [1.807, 2.05) is 0 Å². The van der Waals surface area contributed by atoms with Crippen molar-refractivity contribution in [3.8, 4) is 11.5 Å². The van der Waals surface area contributed by atoms with Gasteiger partial charge >= 0.3 is 0 Å². The number of hydrogen-bond donors (Lipinski definition) is 5. The highest BCUT2D eigenvalue weighted by molar-refractivity contribution is 5.56. The first-order valence-electron chi connectivity index (χ1n) is 7.01. The Balaban J connectivity index is 1.85. The molecule has 9 nitrogen and oxygen atoms in total. The summed E-state index contributed by atoms with van der Waals surface area (Å²) in [7, 11) is 0. The number of hydrogen-bond acceptors (Lipinski definition) is 9. The SMILES string of the molecule is Nc1ccc(-c2nnc([C@@H]3O[C@H](CO)[C@@H](O)[C@H](O)[C@H]3O)o2)cc1. The molecule has 0 radical (unpaired) electrons. The first-order chi connectivity index (χ1) is 11.0. The van der Waals surface area contributed by atoms with Crippen LogP contribution in [0.15, 0.2) is 28.7 Å². The molecule has 0 unspecified atom stereocenters. The average molecular weight is 323 g/mol. The first kappa shape index (κ1) is 15.8. The molecule has 1 aliphatic heterocycles. The summed E-state index contributed by atoms with van der Waals surface area (Å²) in [6.45, 7) is -0.527. The molecular weight excluding hydrogens is 306 g/mol. The number of aliphatic hydroxyl groups is 4. The molecule has 2 heterocycles. The predicted octanol–water partition coefficient (Wildman–Crippen LogP) is -1.17. The summed E-state index contributed by atoms with van der Waals surface area (Å²) in [6, 6.07) is 6.74. The van der Waals surface area contributed by atoms with Crippen molar-refractivity contribution in [1.82, 2.24) is 10.2 Å². The topological polar surface area (TPSA) is 155 Å². The molecular formula is C14H17N3O6. The van der Waals surface area contributed by atoms with Gasteiger partial charge in [0.05, 0.1) is 6.61 Å². The van der Waals surface area contributed by atoms with Crippen LogP contribution in [-0.4, -0.2) is 61.6 Å². The second kappa shape index (κ2) is 6.22. The van der Waals surface area contributed by atoms with Gasteiger partial charge in [-0.2, -0.15) is 0 Å². The zero-order valence-corrected chi connectivity index (χ0v) is 12.0. The predicted molar refractivity (Wildman–Crippen MR) is 76.9 cm³/mol. The minimum atomic E-state index is -1.50. The van der Waals surface area contributed by atoms with E-state index >= 15 is 0 Å². The monoisotopic (exact) mass is 323 g/mol. The lowest BCUT2D eigenvalue weighted by Crippen LogP contribution is -2.55. The van der Waals surface area contributed by atoms with Gasteiger partial charge in [0.25, 0.3) is 0 Å². The highest BCUT2D eigenvalue weighted by Crippen LogP contribution is 2.32. The molecule has 1 aromatic carbocycles. The van der Waals surface area contributed by atoms with Gasteiger partial charge in [-0.3, -0.25) is 0 Å². The number of nitrogen functional groups attached to an aromatic ring is 1. The van der Waals surface area contributed by atoms with Crippen LogP contribution < -0.4 is 5.73 Å². The van der Waals surface area contributed by atoms with Crippen molar-refractivity contribution in [1.29, 1.82) is 0 Å². The van der Waals surface area contributed by atoms with Gasteiger partial charge < -0.3 is 35.3 Å². The van der Waals surface area contributed by atoms with Crippen LogP contribution in [0.2, 0.25) is 0 Å². The van der Waals surface area contributed by atoms with E-state index in [0.717, 1.165) is 0 Å². The molecule has 0 aliphatic carbocycles. The standard InChI is InChI=1S/C14H17N3O6/c15-7-3-1-6(2-4-7)13-16-17-14(23-13)12-11(21)10(20)9(19)8(5-18)22-12/h1-4,8-12,18-21H,5,15H2/t8-,9-,10+,11-,12-/m1/s1. The Bertz CT molecular complexity index is 659. The van der Waals surface area contributed by atoms with Crippen molar-refractivity contribution in [2.24, 2.45) is 0 Å². The minimum Gasteiger partial charge on any atom is -0.418 e. The molecule has 9 heteroatoms. The molecule has 2 aromatic rings. The third kappa shape index (κ3) is 2.92. The summed E-state index contributed by atoms with van der Waals surface area (Å²) >= 11 is 0. The Morgan fingerprint density at radius 1 is 1.00 bits per heavy atom. The summed E-state index contributed by atoms with van der Waals surface area (Å²) in [5, 5.41) is 46.4. The van der Waals surface area contributed by atoms with E-state index < -0.39 is 37.1 Å². The fourth-order valence-electron chi connectivity index (χ4n) is 2.40. The van der Waals surface area contributed by atoms with E-state index in [0.29, 0.717) is 11.3 Å². The maximum absolute atomic E-state index is 10.0. The quantitative estimate of drug-likeness (QED) is 0.439. The van der Waals surface area contributed by atoms with Gasteiger partial charge in [0.1, 0.15) is 24.4 Å². The number of nitrogens with two attached hydrogens (primary N) is 1. The number of anilines is 1. The zero-order chi connectivity index (χ0) is 16.6. The van der Waals surface area contributed by atoms with Gasteiger partial charge in [-0.05, 0) is 24.3 Å². The molecule has 1 aromatic heterocycles. The normalized spacial score (nSPS) is 31.2. The molecule has 23 heavy (non-hydrogen) atoms. The minimum absolute atomic E-state index is 0.0614. The number of aliphatic hydroxyl groups excluding tert-OH is 4. The molecule has 1 aliphatic rings. The fourth-order valence-corrected chi connectivity index (χ4v) is 2.40. The molecule has 6 N–H and O–H groups in total. The van der Waals surface area contributed by atoms with E-state index in [1.165, 1.54) is 0 Å². The second-order valence-electron chi connectivity index (χ2n) is 5.32. The second-order valence-corrected chi connectivity index (χ2v) is 5.32. The maximum atomic E-state index is 10.0. The van der Waals surface area contributed by atoms with Crippen molar-refractivity contribution in [3.05, 3.63) is 30.2 Å². The smallest absolute Gasteiger partial charge is 0.248 e. The third-order valence-electron chi connectivity index (χ3n) is 3.73. The fraction of sp³-hybridized carbons (Fsp3) is 0.429. The Morgan fingerprint density at radius 2 is 1.70 bits per heavy atom. The van der Waals surface area contributed by atoms with Crippen molar-refractivity contribution >= 4 is 5.69 Å². The molecule has 124 valence electrons. The van der Waals surface area contributed by atoms with Crippen LogP contribution in [-0.2, 0) is 4.74 Å². The van der Waals surface area contributed by atoms with Crippen molar-refractivity contribution in [3.63, 3.8) is 0 Å². The van der Waals surface area contributed by atoms with Crippen molar-refractivity contribution in [2.45, 2.75) is 30.5 Å². The van der Waals surface area contributed by atoms with Gasteiger partial charge in [0.15, 0.2) is 6.10 Å². The van der Waals surface area contributed by atoms with Crippen molar-refractivity contribution in [2.75, 3.05) is 12.3 Å². The van der Waals surface area contributed by atoms with Crippen LogP contribution >= 0.6 is 0 Å². The summed E-state index contributed by atoms with van der Waals surface area (Å²) in [4.78, 5) is 0. The van der Waals surface area contributed by atoms with Gasteiger partial charge in [0.2, 0.25) is 11.8 Å². The number of rotatable bonds is 3. The molecule has 5 atom stereocenters. The lowest BCUT2D eigenvalue weighted by atomic mass is 9.95. The van der Waals surface area contributed by atoms with Crippen LogP contribution in [0.4, 0.5) is 5.69 Å². The summed E-state index contributed by atoms with van der Waals surface area (Å²) < 4.78 is 10.8. The third-order valence-corrected chi connectivity index (χ3v) is 3.73. The largest absolute Gasteiger partial charge is 0.418 e. The molecule has 3 rings (SSSR count). The van der Waals surface area contributed by atoms with Crippen LogP contribution in [0.25, 0.3) is 11.5 Å². The lowest BCUT2D eigenvalue weighted by Gasteiger charge is -2.38. The van der Waals surface area contributed by atoms with E-state index in [4.69, 9.17) is 14.9 Å². The Hall–Kier alpha value is -2.04. The van der Waals surface area contributed by atoms with Gasteiger partial charge in [-0.1, -0.05) is 0 Å². The number of benzene rings is 1. The highest BCUT2D eigenvalue weighted by Gasteiger charge is 2.46. The van der Waals surface area contributed by atoms with Crippen LogP contribution in [0, 0.1) is 0 Å². The van der Waals surface area contributed by atoms with E-state index in [9.17, 15) is 20.4 Å². The zero-order valence-electron chi connectivity index (χ0n) is 12.0. The molecule has 1 saturated heterocycles. The van der Waals surface area contributed by atoms with Crippen LogP contribution in [0.5, 0.6) is 0 Å². The molecule has 0 saturated carbocycles. The summed E-state index contributed by atoms with van der Waals surface area (Å²) in [6.07, 6.45) is -6.60. The maximum Gasteiger partial charge on any atom is 0.248 e. The molecule has 1 fully saturated rings. The van der Waals surface area contributed by atoms with Crippen LogP contribution in [0.1, 0.15) is 12.0 Å². The van der Waals surface area contributed by atoms with Gasteiger partial charge in [0, 0.05) is 11.3 Å². The lowest BCUT2D eigenvalue weighted by molar-refractivity contribution is -0.236. The van der Waals surface area contributed by atoms with Crippen LogP contribution in [0.3, 0.4) is 0 Å². The van der Waals surface area contributed by atoms with E-state index in [1.54, 1.807) is 24.3 Å². The van der Waals surface area contributed by atoms with E-state index in [2.05, 4.69) is 10.2 Å². The average Bonchev–Trinajstić information content (AvgIpc) is 3.03. The number of ether oxygens (including phenoxy) is 1. The number of nitrogens with zero attached hydrogens (tertiary/aromatic N) is 2. The van der Waals surface area contributed by atoms with Crippen molar-refractivity contribution < 1.29 is 29.6 Å². The summed E-state index contributed by atoms with van der Waals surface area (Å²) in [5.74, 6) is 0.130. The summed E-state index contributed by atoms with van der Waals surface area (Å²) in [5.41, 5.74) is 6.82. The Kier molecular flexibility index (Phi) is 4.28. The Morgan fingerprint density at radius 3 is 2.35 bits per heavy atom. The first-order valence-corrected chi connectivity index (χ1v) is 7.01. The highest BCUT2D eigenvalue weighted by atomic mass is 16.6. The van der Waals surface area contributed by atoms with Gasteiger partial charge in [-0.25, -0.2) is 0 Å². The van der Waals surface area contributed by atoms with Gasteiger partial charge in [-0.15, -0.1) is 10.2 Å². The molecule has 0 spiro atoms. The molecule has 0 amide bonds.